The third kappa shape index (κ3) is 5.39. The van der Waals surface area contributed by atoms with Crippen LogP contribution in [0.15, 0.2) is 18.2 Å². The summed E-state index contributed by atoms with van der Waals surface area (Å²) >= 11 is 0. The molecule has 1 amide bonds. The van der Waals surface area contributed by atoms with Crippen LogP contribution >= 0.6 is 0 Å². The maximum atomic E-state index is 13.1. The van der Waals surface area contributed by atoms with Crippen LogP contribution in [0.4, 0.5) is 8.78 Å². The van der Waals surface area contributed by atoms with E-state index < -0.39 is 18.2 Å². The van der Waals surface area contributed by atoms with Crippen molar-refractivity contribution in [2.45, 2.75) is 64.3 Å². The lowest BCUT2D eigenvalue weighted by Crippen LogP contribution is -2.55. The zero-order valence-corrected chi connectivity index (χ0v) is 18.3. The Hall–Kier alpha value is -2.40. The fourth-order valence-corrected chi connectivity index (χ4v) is 3.87. The highest BCUT2D eigenvalue weighted by atomic mass is 19.3. The van der Waals surface area contributed by atoms with E-state index >= 15 is 0 Å². The smallest absolute Gasteiger partial charge is 0.387 e. The number of alkyl halides is 2. The third-order valence-corrected chi connectivity index (χ3v) is 6.18. The molecule has 0 heterocycles. The van der Waals surface area contributed by atoms with E-state index in [0.29, 0.717) is 30.9 Å². The van der Waals surface area contributed by atoms with Crippen molar-refractivity contribution in [2.24, 2.45) is 5.92 Å². The second kappa shape index (κ2) is 10.1. The van der Waals surface area contributed by atoms with Crippen LogP contribution in [0.5, 0.6) is 11.5 Å². The summed E-state index contributed by atoms with van der Waals surface area (Å²) in [5.41, 5.74) is -0.0605. The average Bonchev–Trinajstić information content (AvgIpc) is 2.72. The largest absolute Gasteiger partial charge is 0.493 e. The zero-order chi connectivity index (χ0) is 22.5. The summed E-state index contributed by atoms with van der Waals surface area (Å²) in [6.45, 7) is 1.35. The monoisotopic (exact) mass is 423 g/mol. The molecule has 1 atom stereocenters. The number of halogens is 2. The van der Waals surface area contributed by atoms with Gasteiger partial charge in [0.2, 0.25) is 5.91 Å². The van der Waals surface area contributed by atoms with Crippen molar-refractivity contribution in [3.8, 4) is 17.6 Å². The van der Waals surface area contributed by atoms with E-state index in [-0.39, 0.29) is 17.4 Å². The first kappa shape index (κ1) is 23.9. The minimum absolute atomic E-state index is 0.0470. The molecule has 166 valence electrons. The summed E-state index contributed by atoms with van der Waals surface area (Å²) in [5.74, 6) is 0.600. The quantitative estimate of drug-likeness (QED) is 0.631. The summed E-state index contributed by atoms with van der Waals surface area (Å²) in [7, 11) is 4.87. The molecule has 30 heavy (non-hydrogen) atoms. The molecule has 8 heteroatoms. The Morgan fingerprint density at radius 2 is 1.93 bits per heavy atom. The number of carbonyl (C=O) groups excluding carboxylic acids is 1. The van der Waals surface area contributed by atoms with Crippen molar-refractivity contribution >= 4 is 5.91 Å². The maximum absolute atomic E-state index is 13.1. The number of ether oxygens (including phenoxy) is 2. The van der Waals surface area contributed by atoms with Crippen LogP contribution in [0.3, 0.4) is 0 Å². The molecule has 1 saturated carbocycles. The molecule has 1 aromatic rings. The van der Waals surface area contributed by atoms with Gasteiger partial charge in [-0.05, 0) is 63.3 Å². The van der Waals surface area contributed by atoms with Crippen LogP contribution in [0.2, 0.25) is 0 Å². The molecule has 1 aliphatic carbocycles. The molecular formula is C22H31F2N3O3. The zero-order valence-electron chi connectivity index (χ0n) is 18.3. The summed E-state index contributed by atoms with van der Waals surface area (Å²) in [6, 6.07) is 6.70. The van der Waals surface area contributed by atoms with Crippen LogP contribution < -0.4 is 9.47 Å². The fraction of sp³-hybridized carbons (Fsp3) is 0.636. The van der Waals surface area contributed by atoms with E-state index in [4.69, 9.17) is 4.74 Å². The molecule has 0 saturated heterocycles. The van der Waals surface area contributed by atoms with Gasteiger partial charge >= 0.3 is 6.61 Å². The lowest BCUT2D eigenvalue weighted by atomic mass is 9.77. The van der Waals surface area contributed by atoms with Crippen molar-refractivity contribution in [1.29, 1.82) is 5.26 Å². The number of methoxy groups -OCH3 is 1. The lowest BCUT2D eigenvalue weighted by Gasteiger charge is -2.42. The van der Waals surface area contributed by atoms with Crippen molar-refractivity contribution in [3.63, 3.8) is 0 Å². The van der Waals surface area contributed by atoms with Gasteiger partial charge in [0, 0.05) is 13.6 Å². The van der Waals surface area contributed by atoms with E-state index in [1.165, 1.54) is 13.2 Å². The number of hydrogen-bond acceptors (Lipinski definition) is 5. The molecule has 1 unspecified atom stereocenters. The van der Waals surface area contributed by atoms with Crippen LogP contribution in [-0.4, -0.2) is 55.1 Å². The molecular weight excluding hydrogens is 392 g/mol. The highest BCUT2D eigenvalue weighted by Gasteiger charge is 2.42. The van der Waals surface area contributed by atoms with Crippen LogP contribution in [0.25, 0.3) is 0 Å². The van der Waals surface area contributed by atoms with E-state index in [2.05, 4.69) is 17.7 Å². The Bertz CT molecular complexity index is 773. The number of benzene rings is 1. The Morgan fingerprint density at radius 1 is 1.30 bits per heavy atom. The highest BCUT2D eigenvalue weighted by Crippen LogP contribution is 2.36. The minimum atomic E-state index is -2.96. The van der Waals surface area contributed by atoms with Crippen LogP contribution in [-0.2, 0) is 11.3 Å². The van der Waals surface area contributed by atoms with Gasteiger partial charge in [-0.2, -0.15) is 14.0 Å². The summed E-state index contributed by atoms with van der Waals surface area (Å²) < 4.78 is 34.9. The standard InChI is InChI=1S/C22H31F2N3O3/c1-15-8-10-22(14-25,11-9-15)27(4)20(28)16(2)26(3)13-17-6-7-18(29-5)19(12-17)30-21(23)24/h6-7,12,15-16,21H,8-11,13H2,1-5H3. The van der Waals surface area contributed by atoms with Crippen molar-refractivity contribution in [3.05, 3.63) is 23.8 Å². The van der Waals surface area contributed by atoms with Crippen LogP contribution in [0, 0.1) is 17.2 Å². The number of nitriles is 1. The first-order chi connectivity index (χ1) is 14.1. The van der Waals surface area contributed by atoms with Gasteiger partial charge in [-0.15, -0.1) is 0 Å². The van der Waals surface area contributed by atoms with Crippen LogP contribution in [0.1, 0.15) is 45.1 Å². The average molecular weight is 424 g/mol. The molecule has 0 N–H and O–H groups in total. The minimum Gasteiger partial charge on any atom is -0.493 e. The van der Waals surface area contributed by atoms with Crippen molar-refractivity contribution in [1.82, 2.24) is 9.80 Å². The van der Waals surface area contributed by atoms with Gasteiger partial charge < -0.3 is 14.4 Å². The molecule has 0 bridgehead atoms. The number of amides is 1. The van der Waals surface area contributed by atoms with Gasteiger partial charge in [-0.25, -0.2) is 0 Å². The Kier molecular flexibility index (Phi) is 8.02. The predicted molar refractivity (Wildman–Crippen MR) is 109 cm³/mol. The maximum Gasteiger partial charge on any atom is 0.387 e. The van der Waals surface area contributed by atoms with Gasteiger partial charge in [-0.3, -0.25) is 9.69 Å². The molecule has 0 spiro atoms. The number of nitrogens with zero attached hydrogens (tertiary/aromatic N) is 3. The first-order valence-corrected chi connectivity index (χ1v) is 10.1. The van der Waals surface area contributed by atoms with E-state index in [1.807, 2.05) is 4.90 Å². The van der Waals surface area contributed by atoms with Gasteiger partial charge in [0.05, 0.1) is 19.2 Å². The first-order valence-electron chi connectivity index (χ1n) is 10.1. The molecule has 1 aliphatic rings. The Labute approximate surface area is 177 Å². The van der Waals surface area contributed by atoms with E-state index in [0.717, 1.165) is 12.8 Å². The Balaban J connectivity index is 2.10. The van der Waals surface area contributed by atoms with E-state index in [9.17, 15) is 18.8 Å². The lowest BCUT2D eigenvalue weighted by molar-refractivity contribution is -0.140. The number of carbonyl (C=O) groups is 1. The second-order valence-electron chi connectivity index (χ2n) is 8.18. The van der Waals surface area contributed by atoms with Gasteiger partial charge in [0.15, 0.2) is 11.5 Å². The SMILES string of the molecule is COc1ccc(CN(C)C(C)C(=O)N(C)C2(C#N)CCC(C)CC2)cc1OC(F)F. The van der Waals surface area contributed by atoms with Crippen molar-refractivity contribution < 1.29 is 23.0 Å². The topological polar surface area (TPSA) is 65.8 Å². The number of rotatable bonds is 8. The molecule has 0 aliphatic heterocycles. The predicted octanol–water partition coefficient (Wildman–Crippen LogP) is 4.05. The van der Waals surface area contributed by atoms with Crippen molar-refractivity contribution in [2.75, 3.05) is 21.2 Å². The molecule has 1 fully saturated rings. The van der Waals surface area contributed by atoms with Gasteiger partial charge in [0.1, 0.15) is 5.54 Å². The Morgan fingerprint density at radius 3 is 2.47 bits per heavy atom. The van der Waals surface area contributed by atoms with Gasteiger partial charge in [-0.1, -0.05) is 13.0 Å². The third-order valence-electron chi connectivity index (χ3n) is 6.18. The molecule has 1 aromatic carbocycles. The molecule has 2 rings (SSSR count). The van der Waals surface area contributed by atoms with Gasteiger partial charge in [0.25, 0.3) is 0 Å². The highest BCUT2D eigenvalue weighted by molar-refractivity contribution is 5.82. The fourth-order valence-electron chi connectivity index (χ4n) is 3.87. The summed E-state index contributed by atoms with van der Waals surface area (Å²) in [5, 5.41) is 9.81. The normalized spacial score (nSPS) is 22.5. The summed E-state index contributed by atoms with van der Waals surface area (Å²) in [6.07, 6.45) is 3.20. The summed E-state index contributed by atoms with van der Waals surface area (Å²) in [4.78, 5) is 16.5. The van der Waals surface area contributed by atoms with E-state index in [1.54, 1.807) is 38.1 Å². The number of hydrogen-bond donors (Lipinski definition) is 0. The number of likely N-dealkylation sites (N-methyl/N-ethyl adjacent to an activating group) is 2. The molecule has 0 aromatic heterocycles. The second-order valence-corrected chi connectivity index (χ2v) is 8.18. The molecule has 6 nitrogen and oxygen atoms in total. The molecule has 0 radical (unpaired) electrons.